The summed E-state index contributed by atoms with van der Waals surface area (Å²) in [6, 6.07) is 5.83. The highest BCUT2D eigenvalue weighted by molar-refractivity contribution is 5.77. The third-order valence-corrected chi connectivity index (χ3v) is 4.76. The van der Waals surface area contributed by atoms with Crippen LogP contribution in [0.15, 0.2) is 24.3 Å². The number of ether oxygens (including phenoxy) is 1. The maximum Gasteiger partial charge on any atom is 0.258 e. The number of benzene rings is 1. The average Bonchev–Trinajstić information content (AvgIpc) is 2.77. The van der Waals surface area contributed by atoms with E-state index in [-0.39, 0.29) is 23.9 Å². The molecule has 0 saturated heterocycles. The summed E-state index contributed by atoms with van der Waals surface area (Å²) >= 11 is 0. The van der Waals surface area contributed by atoms with E-state index in [2.05, 4.69) is 24.3 Å². The summed E-state index contributed by atoms with van der Waals surface area (Å²) in [5.41, 5.74) is 0.0328. The van der Waals surface area contributed by atoms with Gasteiger partial charge in [-0.2, -0.15) is 0 Å². The van der Waals surface area contributed by atoms with Gasteiger partial charge in [0.1, 0.15) is 11.6 Å². The number of carbonyl (C=O) groups is 1. The second-order valence-corrected chi connectivity index (χ2v) is 6.56. The van der Waals surface area contributed by atoms with Gasteiger partial charge >= 0.3 is 0 Å². The molecule has 0 radical (unpaired) electrons. The van der Waals surface area contributed by atoms with E-state index in [0.717, 1.165) is 12.8 Å². The molecule has 0 bridgehead atoms. The van der Waals surface area contributed by atoms with Gasteiger partial charge in [0.15, 0.2) is 6.61 Å². The predicted octanol–water partition coefficient (Wildman–Crippen LogP) is 2.98. The van der Waals surface area contributed by atoms with Crippen LogP contribution in [-0.4, -0.2) is 43.6 Å². The molecule has 0 aromatic heterocycles. The van der Waals surface area contributed by atoms with Crippen LogP contribution < -0.4 is 10.1 Å². The fourth-order valence-electron chi connectivity index (χ4n) is 3.19. The Morgan fingerprint density at radius 2 is 1.96 bits per heavy atom. The van der Waals surface area contributed by atoms with Gasteiger partial charge in [-0.15, -0.1) is 0 Å². The molecule has 23 heavy (non-hydrogen) atoms. The molecule has 1 aromatic rings. The summed E-state index contributed by atoms with van der Waals surface area (Å²) < 4.78 is 18.4. The molecule has 1 N–H and O–H groups in total. The highest BCUT2D eigenvalue weighted by Crippen LogP contribution is 2.30. The first-order valence-corrected chi connectivity index (χ1v) is 8.34. The van der Waals surface area contributed by atoms with Gasteiger partial charge in [-0.3, -0.25) is 4.79 Å². The molecule has 0 aliphatic heterocycles. The van der Waals surface area contributed by atoms with Crippen molar-refractivity contribution in [1.82, 2.24) is 10.2 Å². The van der Waals surface area contributed by atoms with Crippen LogP contribution in [0.2, 0.25) is 0 Å². The summed E-state index contributed by atoms with van der Waals surface area (Å²) in [6.07, 6.45) is 7.15. The zero-order valence-electron chi connectivity index (χ0n) is 14.1. The first kappa shape index (κ1) is 17.7. The van der Waals surface area contributed by atoms with Crippen molar-refractivity contribution in [3.63, 3.8) is 0 Å². The average molecular weight is 322 g/mol. The van der Waals surface area contributed by atoms with Gasteiger partial charge in [-0.05, 0) is 39.1 Å². The Morgan fingerprint density at radius 1 is 1.26 bits per heavy atom. The molecule has 1 saturated carbocycles. The normalized spacial score (nSPS) is 17.6. The zero-order valence-corrected chi connectivity index (χ0v) is 14.1. The lowest BCUT2D eigenvalue weighted by Crippen LogP contribution is -2.53. The van der Waals surface area contributed by atoms with Crippen molar-refractivity contribution in [2.75, 3.05) is 27.2 Å². The molecule has 128 valence electrons. The lowest BCUT2D eigenvalue weighted by atomic mass is 9.88. The number of likely N-dealkylation sites (N-methyl/N-ethyl adjacent to an activating group) is 1. The quantitative estimate of drug-likeness (QED) is 0.819. The Morgan fingerprint density at radius 3 is 2.57 bits per heavy atom. The van der Waals surface area contributed by atoms with Crippen LogP contribution in [0.3, 0.4) is 0 Å². The maximum atomic E-state index is 13.1. The van der Waals surface area contributed by atoms with Crippen molar-refractivity contribution in [3.05, 3.63) is 30.1 Å². The van der Waals surface area contributed by atoms with Crippen molar-refractivity contribution < 1.29 is 13.9 Å². The Kier molecular flexibility index (Phi) is 6.39. The van der Waals surface area contributed by atoms with Crippen molar-refractivity contribution in [2.45, 2.75) is 44.1 Å². The van der Waals surface area contributed by atoms with Crippen molar-refractivity contribution in [2.24, 2.45) is 0 Å². The number of nitrogens with zero attached hydrogens (tertiary/aromatic N) is 1. The number of nitrogens with one attached hydrogen (secondary N) is 1. The van der Waals surface area contributed by atoms with E-state index in [9.17, 15) is 9.18 Å². The van der Waals surface area contributed by atoms with Crippen LogP contribution in [0.5, 0.6) is 5.75 Å². The van der Waals surface area contributed by atoms with Gasteiger partial charge in [0.25, 0.3) is 5.91 Å². The number of hydrogen-bond acceptors (Lipinski definition) is 3. The fraction of sp³-hybridized carbons (Fsp3) is 0.611. The lowest BCUT2D eigenvalue weighted by molar-refractivity contribution is -0.123. The zero-order chi connectivity index (χ0) is 16.7. The van der Waals surface area contributed by atoms with E-state index in [4.69, 9.17) is 4.74 Å². The van der Waals surface area contributed by atoms with E-state index in [1.165, 1.54) is 37.8 Å². The summed E-state index contributed by atoms with van der Waals surface area (Å²) in [5, 5.41) is 2.99. The maximum absolute atomic E-state index is 13.1. The minimum atomic E-state index is -0.368. The Balaban J connectivity index is 1.84. The molecule has 1 fully saturated rings. The molecule has 1 aliphatic rings. The van der Waals surface area contributed by atoms with Crippen molar-refractivity contribution in [1.29, 1.82) is 0 Å². The highest BCUT2D eigenvalue weighted by atomic mass is 19.1. The van der Waals surface area contributed by atoms with Crippen LogP contribution in [0, 0.1) is 5.82 Å². The van der Waals surface area contributed by atoms with E-state index in [1.807, 2.05) is 0 Å². The van der Waals surface area contributed by atoms with Gasteiger partial charge < -0.3 is 15.0 Å². The molecule has 0 unspecified atom stereocenters. The van der Waals surface area contributed by atoms with Gasteiger partial charge in [-0.25, -0.2) is 4.39 Å². The van der Waals surface area contributed by atoms with E-state index in [0.29, 0.717) is 12.3 Å². The first-order valence-electron chi connectivity index (χ1n) is 8.34. The molecule has 2 rings (SSSR count). The number of carbonyl (C=O) groups excluding carboxylic acids is 1. The summed E-state index contributed by atoms with van der Waals surface area (Å²) in [4.78, 5) is 14.3. The van der Waals surface area contributed by atoms with Crippen LogP contribution in [0.1, 0.15) is 38.5 Å². The first-order chi connectivity index (χ1) is 11.0. The predicted molar refractivity (Wildman–Crippen MR) is 89.0 cm³/mol. The van der Waals surface area contributed by atoms with Crippen LogP contribution in [0.25, 0.3) is 0 Å². The Labute approximate surface area is 138 Å². The van der Waals surface area contributed by atoms with Gasteiger partial charge in [-0.1, -0.05) is 31.7 Å². The second kappa shape index (κ2) is 8.29. The van der Waals surface area contributed by atoms with Crippen molar-refractivity contribution >= 4 is 5.91 Å². The smallest absolute Gasteiger partial charge is 0.258 e. The van der Waals surface area contributed by atoms with Gasteiger partial charge in [0.05, 0.1) is 0 Å². The summed E-state index contributed by atoms with van der Waals surface area (Å²) in [6.45, 7) is 0.540. The number of rotatable bonds is 6. The second-order valence-electron chi connectivity index (χ2n) is 6.56. The molecule has 0 spiro atoms. The minimum absolute atomic E-state index is 0.0328. The molecule has 5 heteroatoms. The number of amides is 1. The largest absolute Gasteiger partial charge is 0.484 e. The molecule has 1 aromatic carbocycles. The van der Waals surface area contributed by atoms with Gasteiger partial charge in [0, 0.05) is 18.2 Å². The Hall–Kier alpha value is -1.62. The Bertz CT molecular complexity index is 511. The van der Waals surface area contributed by atoms with E-state index in [1.54, 1.807) is 12.1 Å². The van der Waals surface area contributed by atoms with Crippen LogP contribution in [0.4, 0.5) is 4.39 Å². The standard InChI is InChI=1S/C18H27FN2O2/c1-21(2)18(10-5-3-4-6-11-18)14-20-17(22)13-23-16-9-7-8-15(19)12-16/h7-9,12H,3-6,10-11,13-14H2,1-2H3,(H,20,22). The third kappa shape index (κ3) is 5.20. The molecular formula is C18H27FN2O2. The SMILES string of the molecule is CN(C)C1(CNC(=O)COc2cccc(F)c2)CCCCCC1. The molecule has 0 atom stereocenters. The van der Waals surface area contributed by atoms with Crippen molar-refractivity contribution in [3.8, 4) is 5.75 Å². The molecular weight excluding hydrogens is 295 g/mol. The van der Waals surface area contributed by atoms with Crippen LogP contribution >= 0.6 is 0 Å². The van der Waals surface area contributed by atoms with Gasteiger partial charge in [0.2, 0.25) is 0 Å². The van der Waals surface area contributed by atoms with E-state index < -0.39 is 0 Å². The summed E-state index contributed by atoms with van der Waals surface area (Å²) in [5.74, 6) is -0.162. The fourth-order valence-corrected chi connectivity index (χ4v) is 3.19. The van der Waals surface area contributed by atoms with E-state index >= 15 is 0 Å². The third-order valence-electron chi connectivity index (χ3n) is 4.76. The number of halogens is 1. The topological polar surface area (TPSA) is 41.6 Å². The summed E-state index contributed by atoms with van der Waals surface area (Å²) in [7, 11) is 4.17. The molecule has 1 amide bonds. The monoisotopic (exact) mass is 322 g/mol. The molecule has 1 aliphatic carbocycles. The lowest BCUT2D eigenvalue weighted by Gasteiger charge is -2.39. The minimum Gasteiger partial charge on any atom is -0.484 e. The molecule has 4 nitrogen and oxygen atoms in total. The highest BCUT2D eigenvalue weighted by Gasteiger charge is 2.33. The number of hydrogen-bond donors (Lipinski definition) is 1. The molecule has 0 heterocycles. The van der Waals surface area contributed by atoms with Crippen LogP contribution in [-0.2, 0) is 4.79 Å².